The van der Waals surface area contributed by atoms with E-state index in [2.05, 4.69) is 16.1 Å². The third-order valence-electron chi connectivity index (χ3n) is 2.93. The van der Waals surface area contributed by atoms with Crippen LogP contribution >= 0.6 is 0 Å². The van der Waals surface area contributed by atoms with Crippen LogP contribution in [0.2, 0.25) is 0 Å². The van der Waals surface area contributed by atoms with Crippen molar-refractivity contribution in [3.05, 3.63) is 0 Å². The lowest BCUT2D eigenvalue weighted by atomic mass is 10.1. The van der Waals surface area contributed by atoms with Crippen LogP contribution in [0.15, 0.2) is 0 Å². The van der Waals surface area contributed by atoms with Crippen molar-refractivity contribution in [3.8, 4) is 12.3 Å². The number of terminal acetylenes is 1. The van der Waals surface area contributed by atoms with Gasteiger partial charge in [-0.3, -0.25) is 9.69 Å². The van der Waals surface area contributed by atoms with Crippen LogP contribution in [0.1, 0.15) is 6.92 Å². The molecule has 1 aliphatic rings. The van der Waals surface area contributed by atoms with Gasteiger partial charge in [0.2, 0.25) is 5.91 Å². The minimum atomic E-state index is 0.0594. The number of amides is 1. The van der Waals surface area contributed by atoms with Crippen molar-refractivity contribution in [1.82, 2.24) is 15.1 Å². The van der Waals surface area contributed by atoms with Gasteiger partial charge < -0.3 is 10.2 Å². The Kier molecular flexibility index (Phi) is 5.30. The zero-order valence-electron chi connectivity index (χ0n) is 10.2. The Labute approximate surface area is 98.0 Å². The predicted octanol–water partition coefficient (Wildman–Crippen LogP) is -0.381. The summed E-state index contributed by atoms with van der Waals surface area (Å²) in [6.07, 6.45) is 5.26. The highest BCUT2D eigenvalue weighted by atomic mass is 16.2. The second-order valence-electron chi connectivity index (χ2n) is 4.26. The molecule has 1 rings (SSSR count). The summed E-state index contributed by atoms with van der Waals surface area (Å²) in [5, 5.41) is 3.03. The van der Waals surface area contributed by atoms with E-state index < -0.39 is 0 Å². The molecule has 0 spiro atoms. The normalized spacial score (nSPS) is 19.2. The Morgan fingerprint density at radius 3 is 2.56 bits per heavy atom. The Hall–Kier alpha value is -1.05. The predicted molar refractivity (Wildman–Crippen MR) is 64.9 cm³/mol. The van der Waals surface area contributed by atoms with E-state index in [9.17, 15) is 4.79 Å². The van der Waals surface area contributed by atoms with Gasteiger partial charge in [0.15, 0.2) is 0 Å². The van der Waals surface area contributed by atoms with E-state index in [4.69, 9.17) is 6.42 Å². The van der Waals surface area contributed by atoms with Crippen LogP contribution in [0, 0.1) is 18.3 Å². The first-order valence-corrected chi connectivity index (χ1v) is 5.78. The summed E-state index contributed by atoms with van der Waals surface area (Å²) in [7, 11) is 1.87. The molecule has 0 aromatic rings. The zero-order chi connectivity index (χ0) is 12.0. The van der Waals surface area contributed by atoms with Crippen LogP contribution in [-0.4, -0.2) is 62.0 Å². The summed E-state index contributed by atoms with van der Waals surface area (Å²) < 4.78 is 0. The Morgan fingerprint density at radius 2 is 2.06 bits per heavy atom. The molecule has 0 aromatic carbocycles. The van der Waals surface area contributed by atoms with Gasteiger partial charge in [-0.15, -0.1) is 6.42 Å². The topological polar surface area (TPSA) is 35.6 Å². The molecule has 16 heavy (non-hydrogen) atoms. The van der Waals surface area contributed by atoms with Gasteiger partial charge in [-0.05, 0) is 7.05 Å². The van der Waals surface area contributed by atoms with Gasteiger partial charge in [-0.2, -0.15) is 0 Å². The number of nitrogens with one attached hydrogen (secondary N) is 1. The summed E-state index contributed by atoms with van der Waals surface area (Å²) in [5.74, 6) is 2.94. The van der Waals surface area contributed by atoms with Gasteiger partial charge >= 0.3 is 0 Å². The number of nitrogens with zero attached hydrogens (tertiary/aromatic N) is 2. The minimum Gasteiger partial charge on any atom is -0.340 e. The van der Waals surface area contributed by atoms with Crippen LogP contribution in [-0.2, 0) is 4.79 Å². The molecule has 1 atom stereocenters. The summed E-state index contributed by atoms with van der Waals surface area (Å²) in [5.41, 5.74) is 0. The van der Waals surface area contributed by atoms with E-state index in [0.29, 0.717) is 6.54 Å². The van der Waals surface area contributed by atoms with E-state index >= 15 is 0 Å². The van der Waals surface area contributed by atoms with E-state index in [0.717, 1.165) is 32.7 Å². The first-order valence-electron chi connectivity index (χ1n) is 5.78. The standard InChI is InChI=1S/C12H21N3O/c1-4-5-14-6-8-15(9-7-14)12(16)11(2)10-13-3/h1,11,13H,5-10H2,2-3H3. The molecule has 1 heterocycles. The van der Waals surface area contributed by atoms with Crippen molar-refractivity contribution in [2.75, 3.05) is 46.3 Å². The van der Waals surface area contributed by atoms with Crippen LogP contribution in [0.5, 0.6) is 0 Å². The summed E-state index contributed by atoms with van der Waals surface area (Å²) in [6, 6.07) is 0. The lowest BCUT2D eigenvalue weighted by molar-refractivity contribution is -0.136. The lowest BCUT2D eigenvalue weighted by Crippen LogP contribution is -2.50. The molecule has 0 aromatic heterocycles. The highest BCUT2D eigenvalue weighted by Crippen LogP contribution is 2.06. The molecule has 1 fully saturated rings. The fraction of sp³-hybridized carbons (Fsp3) is 0.750. The third-order valence-corrected chi connectivity index (χ3v) is 2.93. The molecule has 4 nitrogen and oxygen atoms in total. The average Bonchev–Trinajstić information content (AvgIpc) is 2.30. The van der Waals surface area contributed by atoms with Crippen LogP contribution < -0.4 is 5.32 Å². The van der Waals surface area contributed by atoms with E-state index in [1.807, 2.05) is 18.9 Å². The van der Waals surface area contributed by atoms with Crippen LogP contribution in [0.25, 0.3) is 0 Å². The molecular formula is C12H21N3O. The van der Waals surface area contributed by atoms with Gasteiger partial charge in [-0.1, -0.05) is 12.8 Å². The molecule has 1 unspecified atom stereocenters. The molecule has 0 aliphatic carbocycles. The summed E-state index contributed by atoms with van der Waals surface area (Å²) in [6.45, 7) is 6.78. The monoisotopic (exact) mass is 223 g/mol. The summed E-state index contributed by atoms with van der Waals surface area (Å²) in [4.78, 5) is 16.1. The molecule has 4 heteroatoms. The quantitative estimate of drug-likeness (QED) is 0.660. The van der Waals surface area contributed by atoms with Crippen molar-refractivity contribution in [2.45, 2.75) is 6.92 Å². The molecule has 1 aliphatic heterocycles. The maximum Gasteiger partial charge on any atom is 0.226 e. The molecule has 0 saturated carbocycles. The Morgan fingerprint density at radius 1 is 1.44 bits per heavy atom. The molecule has 0 bridgehead atoms. The van der Waals surface area contributed by atoms with E-state index in [-0.39, 0.29) is 11.8 Å². The second kappa shape index (κ2) is 6.51. The molecule has 1 saturated heterocycles. The zero-order valence-corrected chi connectivity index (χ0v) is 10.2. The molecular weight excluding hydrogens is 202 g/mol. The fourth-order valence-corrected chi connectivity index (χ4v) is 1.96. The largest absolute Gasteiger partial charge is 0.340 e. The molecule has 0 radical (unpaired) electrons. The van der Waals surface area contributed by atoms with Crippen molar-refractivity contribution >= 4 is 5.91 Å². The van der Waals surface area contributed by atoms with Gasteiger partial charge in [0.1, 0.15) is 0 Å². The second-order valence-corrected chi connectivity index (χ2v) is 4.26. The van der Waals surface area contributed by atoms with E-state index in [1.165, 1.54) is 0 Å². The van der Waals surface area contributed by atoms with Gasteiger partial charge in [0.05, 0.1) is 6.54 Å². The highest BCUT2D eigenvalue weighted by molar-refractivity contribution is 5.78. The smallest absolute Gasteiger partial charge is 0.226 e. The van der Waals surface area contributed by atoms with Gasteiger partial charge in [0.25, 0.3) is 0 Å². The first-order chi connectivity index (χ1) is 7.69. The van der Waals surface area contributed by atoms with Crippen LogP contribution in [0.4, 0.5) is 0 Å². The van der Waals surface area contributed by atoms with Gasteiger partial charge in [-0.25, -0.2) is 0 Å². The SMILES string of the molecule is C#CCN1CCN(C(=O)C(C)CNC)CC1. The van der Waals surface area contributed by atoms with E-state index in [1.54, 1.807) is 0 Å². The maximum atomic E-state index is 12.0. The van der Waals surface area contributed by atoms with Crippen molar-refractivity contribution in [2.24, 2.45) is 5.92 Å². The first kappa shape index (κ1) is 13.0. The number of carbonyl (C=O) groups excluding carboxylic acids is 1. The number of hydrogen-bond donors (Lipinski definition) is 1. The number of rotatable bonds is 4. The number of carbonyl (C=O) groups is 1. The third kappa shape index (κ3) is 3.51. The van der Waals surface area contributed by atoms with Crippen molar-refractivity contribution < 1.29 is 4.79 Å². The average molecular weight is 223 g/mol. The Bertz CT molecular complexity index is 264. The molecule has 1 N–H and O–H groups in total. The fourth-order valence-electron chi connectivity index (χ4n) is 1.96. The highest BCUT2D eigenvalue weighted by Gasteiger charge is 2.23. The minimum absolute atomic E-state index is 0.0594. The summed E-state index contributed by atoms with van der Waals surface area (Å²) >= 11 is 0. The lowest BCUT2D eigenvalue weighted by Gasteiger charge is -2.35. The maximum absolute atomic E-state index is 12.0. The Balaban J connectivity index is 2.36. The van der Waals surface area contributed by atoms with Gasteiger partial charge in [0, 0.05) is 38.6 Å². The van der Waals surface area contributed by atoms with Crippen molar-refractivity contribution in [1.29, 1.82) is 0 Å². The van der Waals surface area contributed by atoms with Crippen LogP contribution in [0.3, 0.4) is 0 Å². The molecule has 1 amide bonds. The molecule has 90 valence electrons. The number of hydrogen-bond acceptors (Lipinski definition) is 3. The number of piperazine rings is 1. The van der Waals surface area contributed by atoms with Crippen molar-refractivity contribution in [3.63, 3.8) is 0 Å².